The highest BCUT2D eigenvalue weighted by Gasteiger charge is 2.49. The third kappa shape index (κ3) is 6.36. The standard InChI is InChI=1S/C38H38F3N7O3/c1-5-26-29(40)11-10-23-8-6-9-27(30(23)26)32-31(41)33-28(19-43-32)34(45-35(44-33)50-22-38-13-7-15-47(38)20-24(39)18-38)46-16-17-48(25(21-46)12-14-42)36(49)51-37(2,3)4/h1,6,8-11,19,24-25H,7,12-13,15-18,20-22H2,2-4H3/t24-,25+,38+/m1/s1. The Balaban J connectivity index is 1.32. The molecule has 0 radical (unpaired) electrons. The first-order chi connectivity index (χ1) is 24.4. The number of aromatic nitrogens is 3. The first kappa shape index (κ1) is 34.3. The van der Waals surface area contributed by atoms with E-state index in [9.17, 15) is 18.8 Å². The van der Waals surface area contributed by atoms with Crippen molar-refractivity contribution >= 4 is 33.6 Å². The van der Waals surface area contributed by atoms with Crippen molar-refractivity contribution in [2.24, 2.45) is 0 Å². The molecule has 3 atom stereocenters. The van der Waals surface area contributed by atoms with Crippen LogP contribution in [0.4, 0.5) is 23.8 Å². The second-order valence-corrected chi connectivity index (χ2v) is 14.5. The van der Waals surface area contributed by atoms with E-state index in [-0.39, 0.29) is 60.8 Å². The summed E-state index contributed by atoms with van der Waals surface area (Å²) in [6, 6.07) is 9.46. The van der Waals surface area contributed by atoms with Crippen LogP contribution in [0.5, 0.6) is 6.01 Å². The summed E-state index contributed by atoms with van der Waals surface area (Å²) < 4.78 is 58.2. The number of halogens is 3. The number of carbonyl (C=O) groups excluding carboxylic acids is 1. The molecule has 3 aliphatic rings. The molecular weight excluding hydrogens is 659 g/mol. The Morgan fingerprint density at radius 1 is 1.14 bits per heavy atom. The number of hydrogen-bond acceptors (Lipinski definition) is 9. The highest BCUT2D eigenvalue weighted by Crippen LogP contribution is 2.41. The molecule has 0 bridgehead atoms. The zero-order valence-electron chi connectivity index (χ0n) is 28.8. The van der Waals surface area contributed by atoms with Crippen LogP contribution in [0.3, 0.4) is 0 Å². The molecule has 0 saturated carbocycles. The zero-order chi connectivity index (χ0) is 36.1. The maximum atomic E-state index is 16.9. The maximum Gasteiger partial charge on any atom is 0.410 e. The van der Waals surface area contributed by atoms with Gasteiger partial charge in [0.15, 0.2) is 5.82 Å². The van der Waals surface area contributed by atoms with Crippen molar-refractivity contribution in [1.82, 2.24) is 24.8 Å². The quantitative estimate of drug-likeness (QED) is 0.212. The average Bonchev–Trinajstić information content (AvgIpc) is 3.62. The van der Waals surface area contributed by atoms with Gasteiger partial charge < -0.3 is 19.3 Å². The molecule has 10 nitrogen and oxygen atoms in total. The van der Waals surface area contributed by atoms with Crippen molar-refractivity contribution in [3.8, 4) is 35.7 Å². The minimum atomic E-state index is -0.968. The van der Waals surface area contributed by atoms with Crippen LogP contribution in [0, 0.1) is 35.3 Å². The molecule has 7 rings (SSSR count). The van der Waals surface area contributed by atoms with Gasteiger partial charge in [-0.2, -0.15) is 15.2 Å². The van der Waals surface area contributed by atoms with Crippen LogP contribution in [0.15, 0.2) is 36.5 Å². The molecular formula is C38H38F3N7O3. The molecule has 264 valence electrons. The molecule has 0 spiro atoms. The largest absolute Gasteiger partial charge is 0.461 e. The second-order valence-electron chi connectivity index (χ2n) is 14.5. The topological polar surface area (TPSA) is 108 Å². The van der Waals surface area contributed by atoms with E-state index in [1.807, 2.05) is 4.90 Å². The summed E-state index contributed by atoms with van der Waals surface area (Å²) in [4.78, 5) is 32.4. The molecule has 0 N–H and O–H groups in total. The Morgan fingerprint density at radius 3 is 2.73 bits per heavy atom. The van der Waals surface area contributed by atoms with Crippen molar-refractivity contribution in [2.75, 3.05) is 44.2 Å². The Labute approximate surface area is 294 Å². The van der Waals surface area contributed by atoms with E-state index in [1.165, 1.54) is 17.2 Å². The first-order valence-corrected chi connectivity index (χ1v) is 17.1. The Bertz CT molecular complexity index is 2110. The van der Waals surface area contributed by atoms with Gasteiger partial charge in [-0.25, -0.2) is 18.0 Å². The Morgan fingerprint density at radius 2 is 1.96 bits per heavy atom. The summed E-state index contributed by atoms with van der Waals surface area (Å²) in [6.07, 6.45) is 7.69. The fraction of sp³-hybridized carbons (Fsp3) is 0.447. The SMILES string of the molecule is C#Cc1c(F)ccc2cccc(-c3ncc4c(N5CCN(C(=O)OC(C)(C)C)[C@@H](CC#N)C5)nc(OC[C@@]56CCCN5C[C@H](F)C6)nc4c3F)c12. The number of benzene rings is 2. The van der Waals surface area contributed by atoms with Crippen LogP contribution in [0.2, 0.25) is 0 Å². The van der Waals surface area contributed by atoms with Gasteiger partial charge >= 0.3 is 12.1 Å². The van der Waals surface area contributed by atoms with Gasteiger partial charge in [0, 0.05) is 49.7 Å². The van der Waals surface area contributed by atoms with E-state index < -0.39 is 41.1 Å². The highest BCUT2D eigenvalue weighted by atomic mass is 19.1. The molecule has 3 saturated heterocycles. The smallest absolute Gasteiger partial charge is 0.410 e. The van der Waals surface area contributed by atoms with Crippen molar-refractivity contribution in [3.05, 3.63) is 53.7 Å². The number of nitriles is 1. The first-order valence-electron chi connectivity index (χ1n) is 17.1. The number of piperazine rings is 1. The minimum Gasteiger partial charge on any atom is -0.461 e. The number of rotatable bonds is 6. The highest BCUT2D eigenvalue weighted by molar-refractivity contribution is 6.02. The van der Waals surface area contributed by atoms with Gasteiger partial charge in [0.2, 0.25) is 0 Å². The van der Waals surface area contributed by atoms with Crippen LogP contribution in [-0.4, -0.2) is 93.5 Å². The normalized spacial score (nSPS) is 22.2. The van der Waals surface area contributed by atoms with Crippen LogP contribution in [0.1, 0.15) is 52.0 Å². The maximum absolute atomic E-state index is 16.9. The van der Waals surface area contributed by atoms with Crippen molar-refractivity contribution in [2.45, 2.75) is 69.8 Å². The van der Waals surface area contributed by atoms with Crippen LogP contribution >= 0.6 is 0 Å². The summed E-state index contributed by atoms with van der Waals surface area (Å²) in [6.45, 7) is 7.24. The van der Waals surface area contributed by atoms with Crippen LogP contribution in [-0.2, 0) is 4.74 Å². The van der Waals surface area contributed by atoms with Gasteiger partial charge in [0.1, 0.15) is 41.2 Å². The zero-order valence-corrected chi connectivity index (χ0v) is 28.8. The Kier molecular flexibility index (Phi) is 8.88. The molecule has 0 unspecified atom stereocenters. The van der Waals surface area contributed by atoms with E-state index in [2.05, 4.69) is 26.9 Å². The predicted molar refractivity (Wildman–Crippen MR) is 186 cm³/mol. The number of hydrogen-bond donors (Lipinski definition) is 0. The lowest BCUT2D eigenvalue weighted by Crippen LogP contribution is -2.56. The molecule has 2 aromatic heterocycles. The summed E-state index contributed by atoms with van der Waals surface area (Å²) in [5.74, 6) is 1.31. The molecule has 4 aromatic rings. The lowest BCUT2D eigenvalue weighted by molar-refractivity contribution is 0.0145. The number of carbonyl (C=O) groups is 1. The number of ether oxygens (including phenoxy) is 2. The van der Waals surface area contributed by atoms with Gasteiger partial charge in [0.25, 0.3) is 0 Å². The van der Waals surface area contributed by atoms with Gasteiger partial charge in [-0.1, -0.05) is 30.2 Å². The van der Waals surface area contributed by atoms with Gasteiger partial charge in [0.05, 0.1) is 35.0 Å². The number of nitrogens with zero attached hydrogens (tertiary/aromatic N) is 7. The van der Waals surface area contributed by atoms with E-state index in [4.69, 9.17) is 20.9 Å². The fourth-order valence-electron chi connectivity index (χ4n) is 7.74. The summed E-state index contributed by atoms with van der Waals surface area (Å²) in [5.41, 5.74) is -1.12. The van der Waals surface area contributed by atoms with Crippen molar-refractivity contribution < 1.29 is 27.4 Å². The number of amides is 1. The monoisotopic (exact) mass is 697 g/mol. The van der Waals surface area contributed by atoms with Crippen LogP contribution < -0.4 is 9.64 Å². The van der Waals surface area contributed by atoms with Crippen molar-refractivity contribution in [1.29, 1.82) is 5.26 Å². The minimum absolute atomic E-state index is 0.00806. The van der Waals surface area contributed by atoms with E-state index in [0.29, 0.717) is 35.1 Å². The lowest BCUT2D eigenvalue weighted by Gasteiger charge is -2.41. The second kappa shape index (κ2) is 13.2. The molecule has 3 aliphatic heterocycles. The molecule has 5 heterocycles. The molecule has 3 fully saturated rings. The molecule has 1 amide bonds. The average molecular weight is 698 g/mol. The molecule has 2 aromatic carbocycles. The Hall–Kier alpha value is -5.14. The van der Waals surface area contributed by atoms with E-state index >= 15 is 4.39 Å². The fourth-order valence-corrected chi connectivity index (χ4v) is 7.74. The summed E-state index contributed by atoms with van der Waals surface area (Å²) in [7, 11) is 0. The number of fused-ring (bicyclic) bond motifs is 3. The number of pyridine rings is 1. The predicted octanol–water partition coefficient (Wildman–Crippen LogP) is 6.40. The third-order valence-electron chi connectivity index (χ3n) is 10.0. The molecule has 51 heavy (non-hydrogen) atoms. The number of terminal acetylenes is 1. The summed E-state index contributed by atoms with van der Waals surface area (Å²) >= 11 is 0. The summed E-state index contributed by atoms with van der Waals surface area (Å²) in [5, 5.41) is 10.9. The van der Waals surface area contributed by atoms with E-state index in [1.54, 1.807) is 45.0 Å². The van der Waals surface area contributed by atoms with Gasteiger partial charge in [-0.05, 0) is 51.6 Å². The van der Waals surface area contributed by atoms with Gasteiger partial charge in [-0.15, -0.1) is 6.42 Å². The third-order valence-corrected chi connectivity index (χ3v) is 10.0. The van der Waals surface area contributed by atoms with E-state index in [0.717, 1.165) is 19.4 Å². The van der Waals surface area contributed by atoms with Gasteiger partial charge in [-0.3, -0.25) is 9.88 Å². The molecule has 0 aliphatic carbocycles. The molecule has 13 heteroatoms. The van der Waals surface area contributed by atoms with Crippen LogP contribution in [0.25, 0.3) is 32.9 Å². The number of alkyl halides is 1. The van der Waals surface area contributed by atoms with Crippen molar-refractivity contribution in [3.63, 3.8) is 0 Å². The lowest BCUT2D eigenvalue weighted by atomic mass is 9.95. The number of anilines is 1.